The van der Waals surface area contributed by atoms with Crippen LogP contribution < -0.4 is 0 Å². The van der Waals surface area contributed by atoms with Gasteiger partial charge in [0, 0.05) is 24.1 Å². The van der Waals surface area contributed by atoms with Crippen LogP contribution in [0.1, 0.15) is 25.0 Å². The van der Waals surface area contributed by atoms with E-state index >= 15 is 0 Å². The van der Waals surface area contributed by atoms with Gasteiger partial charge >= 0.3 is 5.97 Å². The number of aliphatic hydroxyl groups is 2. The Bertz CT molecular complexity index is 875. The summed E-state index contributed by atoms with van der Waals surface area (Å²) in [6, 6.07) is 9.75. The topological polar surface area (TPSA) is 108 Å². The van der Waals surface area contributed by atoms with Crippen molar-refractivity contribution in [1.82, 2.24) is 0 Å². The zero-order valence-corrected chi connectivity index (χ0v) is 18.8. The highest BCUT2D eigenvalue weighted by molar-refractivity contribution is 8.01. The summed E-state index contributed by atoms with van der Waals surface area (Å²) in [4.78, 5) is 22.8. The highest BCUT2D eigenvalue weighted by atomic mass is 32.2. The number of carbonyl (C=O) groups excluding carboxylic acids is 1. The van der Waals surface area contributed by atoms with Crippen LogP contribution in [-0.4, -0.2) is 61.8 Å². The van der Waals surface area contributed by atoms with E-state index in [-0.39, 0.29) is 29.1 Å². The molecule has 1 aliphatic carbocycles. The molecule has 168 valence electrons. The van der Waals surface area contributed by atoms with Crippen LogP contribution in [0.25, 0.3) is 11.0 Å². The summed E-state index contributed by atoms with van der Waals surface area (Å²) >= 11 is 2.87. The summed E-state index contributed by atoms with van der Waals surface area (Å²) in [7, 11) is 0. The van der Waals surface area contributed by atoms with Crippen molar-refractivity contribution in [3.8, 4) is 0 Å². The number of Topliss-reactive ketones (excluding diaryl/α,β-unsaturated/α-hetero) is 1. The molecular formula is C23H28O6S2. The number of benzene rings is 1. The second kappa shape index (κ2) is 11.8. The van der Waals surface area contributed by atoms with Gasteiger partial charge in [0.25, 0.3) is 0 Å². The average Bonchev–Trinajstić information content (AvgIpc) is 3.27. The van der Waals surface area contributed by atoms with Crippen LogP contribution in [0.5, 0.6) is 0 Å². The third-order valence-electron chi connectivity index (χ3n) is 5.20. The molecule has 1 saturated carbocycles. The lowest BCUT2D eigenvalue weighted by molar-refractivity contribution is -0.133. The van der Waals surface area contributed by atoms with E-state index in [9.17, 15) is 19.8 Å². The van der Waals surface area contributed by atoms with Gasteiger partial charge in [-0.25, -0.2) is 0 Å². The summed E-state index contributed by atoms with van der Waals surface area (Å²) < 4.78 is 5.77. The SMILES string of the molecule is O=C(O)CSCCCS[C@H]1C(=O)C[C@@H](O)[C@@H]1/C=C/[C@@H](O)CCc1cc2ccccc2o1. The Labute approximate surface area is 190 Å². The Morgan fingerprint density at radius 3 is 2.87 bits per heavy atom. The van der Waals surface area contributed by atoms with Gasteiger partial charge in [-0.15, -0.1) is 11.8 Å². The van der Waals surface area contributed by atoms with Gasteiger partial charge in [-0.2, -0.15) is 11.8 Å². The first kappa shape index (κ1) is 23.9. The van der Waals surface area contributed by atoms with E-state index in [0.29, 0.717) is 12.8 Å². The van der Waals surface area contributed by atoms with Crippen molar-refractivity contribution >= 4 is 46.2 Å². The number of para-hydroxylation sites is 1. The van der Waals surface area contributed by atoms with Crippen molar-refractivity contribution in [2.45, 2.75) is 43.1 Å². The molecule has 1 heterocycles. The zero-order valence-electron chi connectivity index (χ0n) is 17.2. The molecule has 1 aromatic heterocycles. The van der Waals surface area contributed by atoms with Crippen LogP contribution in [0.15, 0.2) is 46.9 Å². The number of aliphatic hydroxyl groups excluding tert-OH is 2. The van der Waals surface area contributed by atoms with Gasteiger partial charge in [0.15, 0.2) is 0 Å². The molecule has 3 rings (SSSR count). The van der Waals surface area contributed by atoms with Crippen LogP contribution in [0.2, 0.25) is 0 Å². The second-order valence-corrected chi connectivity index (χ2v) is 10.0. The van der Waals surface area contributed by atoms with E-state index in [2.05, 4.69) is 0 Å². The summed E-state index contributed by atoms with van der Waals surface area (Å²) in [5.41, 5.74) is 0.830. The predicted molar refractivity (Wildman–Crippen MR) is 125 cm³/mol. The maximum Gasteiger partial charge on any atom is 0.313 e. The monoisotopic (exact) mass is 464 g/mol. The van der Waals surface area contributed by atoms with Crippen molar-refractivity contribution in [3.05, 3.63) is 48.2 Å². The molecule has 31 heavy (non-hydrogen) atoms. The number of ketones is 1. The standard InChI is InChI=1S/C23H28O6S2/c24-16(6-8-17-12-15-4-1-2-5-21(15)29-17)7-9-18-19(25)13-20(26)23(18)31-11-3-10-30-14-22(27)28/h1-2,4-5,7,9,12,16,18-19,23-25H,3,6,8,10-11,13-14H2,(H,27,28)/b9-7+/t16-,18-,19+,23+/m0/s1. The van der Waals surface area contributed by atoms with Gasteiger partial charge in [0.1, 0.15) is 17.1 Å². The molecule has 1 aliphatic rings. The molecule has 0 amide bonds. The van der Waals surface area contributed by atoms with Gasteiger partial charge < -0.3 is 19.7 Å². The molecule has 0 spiro atoms. The van der Waals surface area contributed by atoms with Gasteiger partial charge in [0.05, 0.1) is 23.2 Å². The summed E-state index contributed by atoms with van der Waals surface area (Å²) in [5.74, 6) is 1.25. The zero-order chi connectivity index (χ0) is 22.2. The molecular weight excluding hydrogens is 436 g/mol. The molecule has 1 fully saturated rings. The molecule has 0 bridgehead atoms. The number of hydrogen-bond donors (Lipinski definition) is 3. The fraction of sp³-hybridized carbons (Fsp3) is 0.478. The smallest absolute Gasteiger partial charge is 0.313 e. The quantitative estimate of drug-likeness (QED) is 0.323. The summed E-state index contributed by atoms with van der Waals surface area (Å²) in [6.07, 6.45) is 4.05. The Morgan fingerprint density at radius 1 is 1.29 bits per heavy atom. The van der Waals surface area contributed by atoms with E-state index < -0.39 is 18.2 Å². The molecule has 0 radical (unpaired) electrons. The van der Waals surface area contributed by atoms with Gasteiger partial charge in [-0.3, -0.25) is 9.59 Å². The lowest BCUT2D eigenvalue weighted by Crippen LogP contribution is -2.22. The maximum atomic E-state index is 12.3. The number of thioether (sulfide) groups is 2. The van der Waals surface area contributed by atoms with E-state index in [1.54, 1.807) is 12.2 Å². The molecule has 8 heteroatoms. The Balaban J connectivity index is 1.46. The number of carbonyl (C=O) groups is 2. The Morgan fingerprint density at radius 2 is 2.10 bits per heavy atom. The molecule has 2 aromatic rings. The lowest BCUT2D eigenvalue weighted by Gasteiger charge is -2.17. The third-order valence-corrected chi connectivity index (χ3v) is 7.69. The highest BCUT2D eigenvalue weighted by Gasteiger charge is 2.40. The predicted octanol–water partition coefficient (Wildman–Crippen LogP) is 3.54. The minimum Gasteiger partial charge on any atom is -0.481 e. The molecule has 1 aromatic carbocycles. The van der Waals surface area contributed by atoms with Gasteiger partial charge in [-0.1, -0.05) is 30.4 Å². The summed E-state index contributed by atoms with van der Waals surface area (Å²) in [6.45, 7) is 0. The number of rotatable bonds is 12. The fourth-order valence-electron chi connectivity index (χ4n) is 3.64. The minimum atomic E-state index is -0.823. The van der Waals surface area contributed by atoms with Crippen LogP contribution in [0.4, 0.5) is 0 Å². The maximum absolute atomic E-state index is 12.3. The number of furan rings is 1. The second-order valence-electron chi connectivity index (χ2n) is 7.65. The van der Waals surface area contributed by atoms with Crippen molar-refractivity contribution in [2.24, 2.45) is 5.92 Å². The number of carboxylic acid groups (broad SMARTS) is 1. The van der Waals surface area contributed by atoms with Crippen molar-refractivity contribution in [3.63, 3.8) is 0 Å². The van der Waals surface area contributed by atoms with Crippen molar-refractivity contribution in [2.75, 3.05) is 17.3 Å². The van der Waals surface area contributed by atoms with Crippen molar-refractivity contribution < 1.29 is 29.3 Å². The fourth-order valence-corrected chi connectivity index (χ4v) is 5.83. The van der Waals surface area contributed by atoms with Crippen molar-refractivity contribution in [1.29, 1.82) is 0 Å². The minimum absolute atomic E-state index is 0.0297. The largest absolute Gasteiger partial charge is 0.481 e. The Hall–Kier alpha value is -1.74. The van der Waals surface area contributed by atoms with Crippen LogP contribution in [0.3, 0.4) is 0 Å². The molecule has 0 aliphatic heterocycles. The molecule has 6 nitrogen and oxygen atoms in total. The summed E-state index contributed by atoms with van der Waals surface area (Å²) in [5, 5.41) is 30.0. The van der Waals surface area contributed by atoms with Crippen LogP contribution in [0, 0.1) is 5.92 Å². The molecule has 3 N–H and O–H groups in total. The van der Waals surface area contributed by atoms with E-state index in [1.807, 2.05) is 30.3 Å². The Kier molecular flexibility index (Phi) is 9.07. The van der Waals surface area contributed by atoms with Gasteiger partial charge in [-0.05, 0) is 36.5 Å². The average molecular weight is 465 g/mol. The number of carboxylic acids is 1. The number of aliphatic carboxylic acids is 1. The van der Waals surface area contributed by atoms with Crippen LogP contribution in [-0.2, 0) is 16.0 Å². The number of fused-ring (bicyclic) bond motifs is 1. The van der Waals surface area contributed by atoms with Gasteiger partial charge in [0.2, 0.25) is 0 Å². The van der Waals surface area contributed by atoms with Crippen LogP contribution >= 0.6 is 23.5 Å². The normalized spacial score (nSPS) is 22.5. The first-order chi connectivity index (χ1) is 14.9. The number of aryl methyl sites for hydroxylation is 1. The van der Waals surface area contributed by atoms with E-state index in [4.69, 9.17) is 9.52 Å². The first-order valence-electron chi connectivity index (χ1n) is 10.4. The number of hydrogen-bond acceptors (Lipinski definition) is 7. The molecule has 0 saturated heterocycles. The molecule has 0 unspecified atom stereocenters. The van der Waals surface area contributed by atoms with E-state index in [1.165, 1.54) is 23.5 Å². The molecule has 4 atom stereocenters. The van der Waals surface area contributed by atoms with E-state index in [0.717, 1.165) is 34.7 Å². The highest BCUT2D eigenvalue weighted by Crippen LogP contribution is 2.34. The first-order valence-corrected chi connectivity index (χ1v) is 12.6. The lowest BCUT2D eigenvalue weighted by atomic mass is 10.0. The third kappa shape index (κ3) is 7.14.